The molecule has 0 aliphatic carbocycles. The van der Waals surface area contributed by atoms with E-state index in [1.807, 2.05) is 13.8 Å². The Hall–Kier alpha value is -2.04. The molecule has 3 N–H and O–H groups in total. The van der Waals surface area contributed by atoms with Gasteiger partial charge in [-0.05, 0) is 24.1 Å². The Kier molecular flexibility index (Phi) is 3.23. The third-order valence-corrected chi connectivity index (χ3v) is 3.33. The van der Waals surface area contributed by atoms with Crippen LogP contribution in [0.5, 0.6) is 0 Å². The highest BCUT2D eigenvalue weighted by Gasteiger charge is 2.29. The van der Waals surface area contributed by atoms with Gasteiger partial charge in [-0.3, -0.25) is 4.79 Å². The van der Waals surface area contributed by atoms with Crippen LogP contribution < -0.4 is 10.6 Å². The van der Waals surface area contributed by atoms with Crippen molar-refractivity contribution in [1.29, 1.82) is 0 Å². The first-order valence-corrected chi connectivity index (χ1v) is 5.97. The summed E-state index contributed by atoms with van der Waals surface area (Å²) in [6.45, 7) is 4.01. The predicted octanol–water partition coefficient (Wildman–Crippen LogP) is 2.16. The van der Waals surface area contributed by atoms with Gasteiger partial charge in [0.15, 0.2) is 0 Å². The fourth-order valence-corrected chi connectivity index (χ4v) is 1.99. The van der Waals surface area contributed by atoms with E-state index in [0.29, 0.717) is 11.4 Å². The molecule has 0 saturated heterocycles. The molecule has 96 valence electrons. The summed E-state index contributed by atoms with van der Waals surface area (Å²) in [5.74, 6) is -0.858. The first kappa shape index (κ1) is 12.4. The van der Waals surface area contributed by atoms with Gasteiger partial charge >= 0.3 is 5.97 Å². The van der Waals surface area contributed by atoms with Gasteiger partial charge < -0.3 is 15.7 Å². The topological polar surface area (TPSA) is 78.4 Å². The molecule has 1 amide bonds. The maximum Gasteiger partial charge on any atom is 0.335 e. The zero-order valence-electron chi connectivity index (χ0n) is 10.4. The van der Waals surface area contributed by atoms with Gasteiger partial charge in [-0.2, -0.15) is 0 Å². The molecule has 18 heavy (non-hydrogen) atoms. The van der Waals surface area contributed by atoms with Crippen molar-refractivity contribution in [2.45, 2.75) is 26.3 Å². The number of carboxylic acid groups (broad SMARTS) is 1. The van der Waals surface area contributed by atoms with Crippen LogP contribution in [0.2, 0.25) is 0 Å². The summed E-state index contributed by atoms with van der Waals surface area (Å²) >= 11 is 0. The number of hydrogen-bond acceptors (Lipinski definition) is 3. The lowest BCUT2D eigenvalue weighted by Crippen LogP contribution is -2.43. The van der Waals surface area contributed by atoms with Crippen molar-refractivity contribution in [3.8, 4) is 0 Å². The highest BCUT2D eigenvalue weighted by molar-refractivity contribution is 6.04. The molecule has 2 atom stereocenters. The number of nitrogens with one attached hydrogen (secondary N) is 2. The van der Waals surface area contributed by atoms with Crippen molar-refractivity contribution in [2.24, 2.45) is 5.92 Å². The molecule has 1 aromatic rings. The van der Waals surface area contributed by atoms with E-state index in [1.54, 1.807) is 12.1 Å². The third kappa shape index (κ3) is 2.16. The Bertz CT molecular complexity index is 499. The van der Waals surface area contributed by atoms with Crippen LogP contribution in [-0.2, 0) is 4.79 Å². The summed E-state index contributed by atoms with van der Waals surface area (Å²) in [6.07, 6.45) is 0.874. The van der Waals surface area contributed by atoms with Gasteiger partial charge in [-0.15, -0.1) is 0 Å². The lowest BCUT2D eigenvalue weighted by molar-refractivity contribution is -0.118. The Balaban J connectivity index is 2.33. The maximum absolute atomic E-state index is 11.9. The molecule has 2 rings (SSSR count). The van der Waals surface area contributed by atoms with Gasteiger partial charge in [0.1, 0.15) is 6.04 Å². The number of aromatic carboxylic acids is 1. The van der Waals surface area contributed by atoms with Crippen molar-refractivity contribution in [1.82, 2.24) is 0 Å². The lowest BCUT2D eigenvalue weighted by Gasteiger charge is -2.30. The van der Waals surface area contributed by atoms with Gasteiger partial charge in [0, 0.05) is 0 Å². The van der Waals surface area contributed by atoms with Crippen LogP contribution in [0.15, 0.2) is 18.2 Å². The van der Waals surface area contributed by atoms with E-state index in [1.165, 1.54) is 6.07 Å². The van der Waals surface area contributed by atoms with Gasteiger partial charge in [-0.1, -0.05) is 20.3 Å². The molecule has 1 aliphatic heterocycles. The van der Waals surface area contributed by atoms with Crippen LogP contribution in [-0.4, -0.2) is 23.0 Å². The monoisotopic (exact) mass is 248 g/mol. The molecule has 1 heterocycles. The van der Waals surface area contributed by atoms with Crippen LogP contribution in [0.1, 0.15) is 30.6 Å². The van der Waals surface area contributed by atoms with Crippen molar-refractivity contribution < 1.29 is 14.7 Å². The van der Waals surface area contributed by atoms with Crippen LogP contribution in [0, 0.1) is 5.92 Å². The molecule has 0 radical (unpaired) electrons. The largest absolute Gasteiger partial charge is 0.478 e. The Morgan fingerprint density at radius 2 is 2.17 bits per heavy atom. The number of benzene rings is 1. The van der Waals surface area contributed by atoms with E-state index in [4.69, 9.17) is 5.11 Å². The van der Waals surface area contributed by atoms with Gasteiger partial charge in [-0.25, -0.2) is 4.79 Å². The van der Waals surface area contributed by atoms with E-state index in [9.17, 15) is 9.59 Å². The van der Waals surface area contributed by atoms with Gasteiger partial charge in [0.05, 0.1) is 16.9 Å². The first-order valence-electron chi connectivity index (χ1n) is 5.97. The van der Waals surface area contributed by atoms with Gasteiger partial charge in [0.25, 0.3) is 0 Å². The van der Waals surface area contributed by atoms with Crippen molar-refractivity contribution in [3.05, 3.63) is 23.8 Å². The number of fused-ring (bicyclic) bond motifs is 1. The molecule has 5 nitrogen and oxygen atoms in total. The number of hydrogen-bond donors (Lipinski definition) is 3. The molecular formula is C13H16N2O3. The summed E-state index contributed by atoms with van der Waals surface area (Å²) < 4.78 is 0. The Morgan fingerprint density at radius 1 is 1.44 bits per heavy atom. The average molecular weight is 248 g/mol. The molecule has 0 fully saturated rings. The summed E-state index contributed by atoms with van der Waals surface area (Å²) in [5.41, 5.74) is 1.50. The summed E-state index contributed by atoms with van der Waals surface area (Å²) in [5, 5.41) is 14.9. The standard InChI is InChI=1S/C13H16N2O3/c1-3-7(2)11-12(16)15-9-5-4-8(13(17)18)6-10(9)14-11/h4-7,11,14H,3H2,1-2H3,(H,15,16)(H,17,18). The SMILES string of the molecule is CCC(C)C1Nc2cc(C(=O)O)ccc2NC1=O. The zero-order valence-corrected chi connectivity index (χ0v) is 10.4. The van der Waals surface area contributed by atoms with E-state index in [0.717, 1.165) is 6.42 Å². The van der Waals surface area contributed by atoms with E-state index in [-0.39, 0.29) is 23.4 Å². The molecule has 0 saturated carbocycles. The van der Waals surface area contributed by atoms with E-state index in [2.05, 4.69) is 10.6 Å². The van der Waals surface area contributed by atoms with Crippen LogP contribution in [0.25, 0.3) is 0 Å². The molecule has 0 bridgehead atoms. The second kappa shape index (κ2) is 4.68. The number of anilines is 2. The normalized spacial score (nSPS) is 19.4. The zero-order chi connectivity index (χ0) is 13.3. The summed E-state index contributed by atoms with van der Waals surface area (Å²) in [6, 6.07) is 4.32. The Morgan fingerprint density at radius 3 is 2.78 bits per heavy atom. The summed E-state index contributed by atoms with van der Waals surface area (Å²) in [7, 11) is 0. The van der Waals surface area contributed by atoms with Crippen molar-refractivity contribution >= 4 is 23.3 Å². The third-order valence-electron chi connectivity index (χ3n) is 3.33. The minimum atomic E-state index is -0.975. The predicted molar refractivity (Wildman–Crippen MR) is 68.9 cm³/mol. The molecule has 5 heteroatoms. The number of carbonyl (C=O) groups is 2. The lowest BCUT2D eigenvalue weighted by atomic mass is 9.96. The number of carboxylic acids is 1. The average Bonchev–Trinajstić information content (AvgIpc) is 2.36. The fourth-order valence-electron chi connectivity index (χ4n) is 1.99. The van der Waals surface area contributed by atoms with Gasteiger partial charge in [0.2, 0.25) is 5.91 Å². The molecule has 1 aliphatic rings. The smallest absolute Gasteiger partial charge is 0.335 e. The van der Waals surface area contributed by atoms with Crippen molar-refractivity contribution in [2.75, 3.05) is 10.6 Å². The molecule has 1 aromatic carbocycles. The molecule has 0 spiro atoms. The second-order valence-corrected chi connectivity index (χ2v) is 4.56. The van der Waals surface area contributed by atoms with Crippen molar-refractivity contribution in [3.63, 3.8) is 0 Å². The van der Waals surface area contributed by atoms with Crippen LogP contribution >= 0.6 is 0 Å². The molecule has 0 aromatic heterocycles. The van der Waals surface area contributed by atoms with Crippen LogP contribution in [0.4, 0.5) is 11.4 Å². The number of amides is 1. The van der Waals surface area contributed by atoms with E-state index < -0.39 is 5.97 Å². The summed E-state index contributed by atoms with van der Waals surface area (Å²) in [4.78, 5) is 22.8. The first-order chi connectivity index (χ1) is 8.52. The highest BCUT2D eigenvalue weighted by atomic mass is 16.4. The van der Waals surface area contributed by atoms with Crippen LogP contribution in [0.3, 0.4) is 0 Å². The fraction of sp³-hybridized carbons (Fsp3) is 0.385. The number of carbonyl (C=O) groups excluding carboxylic acids is 1. The highest BCUT2D eigenvalue weighted by Crippen LogP contribution is 2.30. The van der Waals surface area contributed by atoms with E-state index >= 15 is 0 Å². The number of rotatable bonds is 3. The minimum Gasteiger partial charge on any atom is -0.478 e. The Labute approximate surface area is 105 Å². The minimum absolute atomic E-state index is 0.0695. The molecular weight excluding hydrogens is 232 g/mol. The maximum atomic E-state index is 11.9. The second-order valence-electron chi connectivity index (χ2n) is 4.56. The molecule has 2 unspecified atom stereocenters. The quantitative estimate of drug-likeness (QED) is 0.766.